The number of hydrogen-bond donors (Lipinski definition) is 3. The van der Waals surface area contributed by atoms with Gasteiger partial charge in [0.1, 0.15) is 0 Å². The Morgan fingerprint density at radius 3 is 2.10 bits per heavy atom. The van der Waals surface area contributed by atoms with Crippen LogP contribution in [0.1, 0.15) is 35.2 Å². The molecule has 1 aliphatic carbocycles. The predicted octanol–water partition coefficient (Wildman–Crippen LogP) is 2.01. The second-order valence-corrected chi connectivity index (χ2v) is 6.04. The molecule has 1 aliphatic rings. The summed E-state index contributed by atoms with van der Waals surface area (Å²) in [4.78, 5) is 0. The maximum absolute atomic E-state index is 10.0. The molecule has 0 aromatic heterocycles. The lowest BCUT2D eigenvalue weighted by Crippen LogP contribution is -2.43. The molecule has 0 fully saturated rings. The van der Waals surface area contributed by atoms with E-state index in [2.05, 4.69) is 41.7 Å². The van der Waals surface area contributed by atoms with Crippen LogP contribution in [0.3, 0.4) is 0 Å². The number of fused-ring (bicyclic) bond motifs is 2. The Morgan fingerprint density at radius 2 is 1.57 bits per heavy atom. The molecule has 0 saturated carbocycles. The van der Waals surface area contributed by atoms with E-state index in [1.54, 1.807) is 6.92 Å². The summed E-state index contributed by atoms with van der Waals surface area (Å²) in [5, 5.41) is 22.7. The Balaban J connectivity index is 1.95. The smallest absolute Gasteiger partial charge is 0.0973 e. The van der Waals surface area contributed by atoms with Gasteiger partial charge in [0.05, 0.1) is 18.2 Å². The van der Waals surface area contributed by atoms with Gasteiger partial charge in [0.25, 0.3) is 0 Å². The van der Waals surface area contributed by atoms with Gasteiger partial charge in [0.2, 0.25) is 0 Å². The predicted molar refractivity (Wildman–Crippen MR) is 83.2 cm³/mol. The summed E-state index contributed by atoms with van der Waals surface area (Å²) in [6.45, 7) is 1.73. The number of aliphatic hydroxyl groups is 2. The molecule has 0 aliphatic heterocycles. The molecule has 0 bridgehead atoms. The lowest BCUT2D eigenvalue weighted by atomic mass is 9.82. The molecule has 0 amide bonds. The van der Waals surface area contributed by atoms with Gasteiger partial charge < -0.3 is 15.5 Å². The number of benzene rings is 2. The van der Waals surface area contributed by atoms with Gasteiger partial charge >= 0.3 is 0 Å². The SMILES string of the molecule is CC(O)(CO)CNC1c2ccccc2Cc2ccccc21. The summed E-state index contributed by atoms with van der Waals surface area (Å²) in [7, 11) is 0. The maximum Gasteiger partial charge on any atom is 0.0973 e. The Hall–Kier alpha value is -1.68. The molecular weight excluding hydrogens is 262 g/mol. The van der Waals surface area contributed by atoms with Crippen LogP contribution in [0.25, 0.3) is 0 Å². The van der Waals surface area contributed by atoms with Crippen molar-refractivity contribution in [2.24, 2.45) is 0 Å². The highest BCUT2D eigenvalue weighted by Crippen LogP contribution is 2.34. The third-order valence-corrected chi connectivity index (χ3v) is 4.14. The van der Waals surface area contributed by atoms with Crippen LogP contribution in [0.2, 0.25) is 0 Å². The summed E-state index contributed by atoms with van der Waals surface area (Å²) >= 11 is 0. The van der Waals surface area contributed by atoms with Gasteiger partial charge in [0.15, 0.2) is 0 Å². The van der Waals surface area contributed by atoms with E-state index in [0.29, 0.717) is 6.54 Å². The van der Waals surface area contributed by atoms with Crippen LogP contribution >= 0.6 is 0 Å². The van der Waals surface area contributed by atoms with Gasteiger partial charge in [-0.05, 0) is 35.6 Å². The molecule has 21 heavy (non-hydrogen) atoms. The van der Waals surface area contributed by atoms with Gasteiger partial charge in [-0.1, -0.05) is 48.5 Å². The van der Waals surface area contributed by atoms with E-state index in [-0.39, 0.29) is 12.6 Å². The highest BCUT2D eigenvalue weighted by atomic mass is 16.3. The molecule has 2 aromatic carbocycles. The monoisotopic (exact) mass is 283 g/mol. The van der Waals surface area contributed by atoms with Crippen molar-refractivity contribution in [2.75, 3.05) is 13.2 Å². The zero-order valence-corrected chi connectivity index (χ0v) is 12.2. The van der Waals surface area contributed by atoms with Crippen LogP contribution in [0.15, 0.2) is 48.5 Å². The van der Waals surface area contributed by atoms with Gasteiger partial charge in [-0.15, -0.1) is 0 Å². The van der Waals surface area contributed by atoms with Gasteiger partial charge in [-0.3, -0.25) is 0 Å². The second-order valence-electron chi connectivity index (χ2n) is 6.04. The van der Waals surface area contributed by atoms with Crippen molar-refractivity contribution >= 4 is 0 Å². The van der Waals surface area contributed by atoms with E-state index in [0.717, 1.165) is 6.42 Å². The molecule has 1 unspecified atom stereocenters. The fourth-order valence-corrected chi connectivity index (χ4v) is 2.92. The standard InChI is InChI=1S/C18H21NO2/c1-18(21,12-20)11-19-17-15-8-4-2-6-13(15)10-14-7-3-5-9-16(14)17/h2-9,17,19-21H,10-12H2,1H3. The summed E-state index contributed by atoms with van der Waals surface area (Å²) in [6.07, 6.45) is 0.945. The van der Waals surface area contributed by atoms with Crippen LogP contribution < -0.4 is 5.32 Å². The van der Waals surface area contributed by atoms with Crippen molar-refractivity contribution in [3.8, 4) is 0 Å². The number of aliphatic hydroxyl groups excluding tert-OH is 1. The first-order valence-corrected chi connectivity index (χ1v) is 7.33. The lowest BCUT2D eigenvalue weighted by molar-refractivity contribution is 0.00142. The molecule has 3 N–H and O–H groups in total. The molecule has 0 spiro atoms. The average Bonchev–Trinajstić information content (AvgIpc) is 2.51. The summed E-state index contributed by atoms with van der Waals surface area (Å²) in [5.41, 5.74) is 4.03. The first-order chi connectivity index (χ1) is 10.1. The minimum atomic E-state index is -1.11. The molecule has 110 valence electrons. The lowest BCUT2D eigenvalue weighted by Gasteiger charge is -2.32. The van der Waals surface area contributed by atoms with Crippen molar-refractivity contribution in [1.82, 2.24) is 5.32 Å². The molecular formula is C18H21NO2. The first-order valence-electron chi connectivity index (χ1n) is 7.33. The molecule has 3 nitrogen and oxygen atoms in total. The van der Waals surface area contributed by atoms with Crippen LogP contribution in [-0.4, -0.2) is 29.0 Å². The third kappa shape index (κ3) is 2.86. The Labute approximate surface area is 125 Å². The van der Waals surface area contributed by atoms with Crippen molar-refractivity contribution < 1.29 is 10.2 Å². The van der Waals surface area contributed by atoms with E-state index in [1.165, 1.54) is 22.3 Å². The Bertz CT molecular complexity index is 591. The van der Waals surface area contributed by atoms with E-state index in [4.69, 9.17) is 0 Å². The van der Waals surface area contributed by atoms with Crippen molar-refractivity contribution in [1.29, 1.82) is 0 Å². The van der Waals surface area contributed by atoms with Crippen LogP contribution in [0, 0.1) is 0 Å². The highest BCUT2D eigenvalue weighted by Gasteiger charge is 2.27. The van der Waals surface area contributed by atoms with Crippen molar-refractivity contribution in [2.45, 2.75) is 25.0 Å². The molecule has 3 rings (SSSR count). The van der Waals surface area contributed by atoms with Gasteiger partial charge in [-0.2, -0.15) is 0 Å². The minimum absolute atomic E-state index is 0.0594. The first kappa shape index (κ1) is 14.3. The van der Waals surface area contributed by atoms with Crippen LogP contribution in [-0.2, 0) is 6.42 Å². The van der Waals surface area contributed by atoms with E-state index < -0.39 is 5.60 Å². The molecule has 0 radical (unpaired) electrons. The number of nitrogens with one attached hydrogen (secondary N) is 1. The largest absolute Gasteiger partial charge is 0.393 e. The van der Waals surface area contributed by atoms with Crippen molar-refractivity contribution in [3.05, 3.63) is 70.8 Å². The van der Waals surface area contributed by atoms with E-state index in [1.807, 2.05) is 12.1 Å². The molecule has 2 aromatic rings. The molecule has 3 heteroatoms. The van der Waals surface area contributed by atoms with E-state index >= 15 is 0 Å². The third-order valence-electron chi connectivity index (χ3n) is 4.14. The number of rotatable bonds is 4. The van der Waals surface area contributed by atoms with Crippen LogP contribution in [0.5, 0.6) is 0 Å². The fraction of sp³-hybridized carbons (Fsp3) is 0.333. The molecule has 0 heterocycles. The minimum Gasteiger partial charge on any atom is -0.393 e. The number of hydrogen-bond acceptors (Lipinski definition) is 3. The summed E-state index contributed by atoms with van der Waals surface area (Å²) < 4.78 is 0. The fourth-order valence-electron chi connectivity index (χ4n) is 2.92. The van der Waals surface area contributed by atoms with E-state index in [9.17, 15) is 10.2 Å². The normalized spacial score (nSPS) is 16.9. The zero-order valence-electron chi connectivity index (χ0n) is 12.2. The Kier molecular flexibility index (Phi) is 3.81. The average molecular weight is 283 g/mol. The molecule has 1 atom stereocenters. The maximum atomic E-state index is 10.0. The van der Waals surface area contributed by atoms with Crippen molar-refractivity contribution in [3.63, 3.8) is 0 Å². The Morgan fingerprint density at radius 1 is 1.05 bits per heavy atom. The van der Waals surface area contributed by atoms with Crippen LogP contribution in [0.4, 0.5) is 0 Å². The van der Waals surface area contributed by atoms with Gasteiger partial charge in [-0.25, -0.2) is 0 Å². The second kappa shape index (κ2) is 5.60. The summed E-state index contributed by atoms with van der Waals surface area (Å²) in [5.74, 6) is 0. The molecule has 0 saturated heterocycles. The van der Waals surface area contributed by atoms with Gasteiger partial charge in [0, 0.05) is 6.54 Å². The topological polar surface area (TPSA) is 52.5 Å². The highest BCUT2D eigenvalue weighted by molar-refractivity contribution is 5.48. The summed E-state index contributed by atoms with van der Waals surface area (Å²) in [6, 6.07) is 16.9. The zero-order chi connectivity index (χ0) is 14.9. The quantitative estimate of drug-likeness (QED) is 0.804.